The number of hydrogen-bond acceptors (Lipinski definition) is 5. The van der Waals surface area contributed by atoms with Crippen LogP contribution < -0.4 is 9.64 Å². The first-order valence-electron chi connectivity index (χ1n) is 11.4. The Balaban J connectivity index is 1.43. The molecule has 2 aromatic rings. The van der Waals surface area contributed by atoms with E-state index in [1.54, 1.807) is 0 Å². The Morgan fingerprint density at radius 2 is 1.65 bits per heavy atom. The Hall–Kier alpha value is -2.57. The minimum absolute atomic E-state index is 0.162. The van der Waals surface area contributed by atoms with E-state index < -0.39 is 0 Å². The number of benzene rings is 2. The van der Waals surface area contributed by atoms with Gasteiger partial charge in [-0.15, -0.1) is 0 Å². The van der Waals surface area contributed by atoms with Gasteiger partial charge in [0.1, 0.15) is 12.4 Å². The van der Waals surface area contributed by atoms with Crippen LogP contribution in [0.2, 0.25) is 0 Å². The van der Waals surface area contributed by atoms with Crippen molar-refractivity contribution in [2.24, 2.45) is 0 Å². The van der Waals surface area contributed by atoms with Crippen molar-refractivity contribution in [1.29, 1.82) is 0 Å². The van der Waals surface area contributed by atoms with Crippen LogP contribution in [0, 0.1) is 0 Å². The molecule has 2 heterocycles. The summed E-state index contributed by atoms with van der Waals surface area (Å²) in [5, 5.41) is 0. The third-order valence-electron chi connectivity index (χ3n) is 6.12. The number of carbonyl (C=O) groups excluding carboxylic acids is 1. The van der Waals surface area contributed by atoms with Crippen molar-refractivity contribution in [3.63, 3.8) is 0 Å². The lowest BCUT2D eigenvalue weighted by atomic mass is 10.1. The van der Waals surface area contributed by atoms with Crippen LogP contribution >= 0.6 is 0 Å². The molecule has 0 saturated carbocycles. The van der Waals surface area contributed by atoms with Gasteiger partial charge in [0.25, 0.3) is 0 Å². The van der Waals surface area contributed by atoms with E-state index in [0.717, 1.165) is 70.3 Å². The number of anilines is 1. The van der Waals surface area contributed by atoms with Gasteiger partial charge < -0.3 is 19.3 Å². The predicted octanol–water partition coefficient (Wildman–Crippen LogP) is 2.81. The number of likely N-dealkylation sites (N-methyl/N-ethyl adjacent to an activating group) is 1. The highest BCUT2D eigenvalue weighted by Crippen LogP contribution is 2.21. The molecular weight excluding hydrogens is 390 g/mol. The lowest BCUT2D eigenvalue weighted by Crippen LogP contribution is -2.39. The van der Waals surface area contributed by atoms with Crippen LogP contribution in [0.25, 0.3) is 0 Å². The molecule has 0 aromatic heterocycles. The minimum atomic E-state index is 0.162. The second-order valence-corrected chi connectivity index (χ2v) is 8.15. The molecule has 1 saturated heterocycles. The molecule has 2 aliphatic rings. The van der Waals surface area contributed by atoms with Crippen LogP contribution in [0.1, 0.15) is 18.1 Å². The van der Waals surface area contributed by atoms with Gasteiger partial charge >= 0.3 is 0 Å². The molecule has 0 aliphatic carbocycles. The van der Waals surface area contributed by atoms with Gasteiger partial charge in [-0.25, -0.2) is 0 Å². The molecule has 4 rings (SSSR count). The second kappa shape index (κ2) is 10.6. The second-order valence-electron chi connectivity index (χ2n) is 8.15. The van der Waals surface area contributed by atoms with Crippen molar-refractivity contribution >= 4 is 11.6 Å². The fourth-order valence-electron chi connectivity index (χ4n) is 4.23. The third kappa shape index (κ3) is 5.77. The normalized spacial score (nSPS) is 18.8. The zero-order valence-electron chi connectivity index (χ0n) is 18.5. The van der Waals surface area contributed by atoms with Gasteiger partial charge in [0.05, 0.1) is 19.6 Å². The summed E-state index contributed by atoms with van der Waals surface area (Å²) in [5.74, 6) is 0.985. The minimum Gasteiger partial charge on any atom is -0.492 e. The molecular formula is C25H33N3O3. The fraction of sp³-hybridized carbons (Fsp3) is 0.480. The van der Waals surface area contributed by atoms with Crippen molar-refractivity contribution in [1.82, 2.24) is 9.80 Å². The average molecular weight is 424 g/mol. The number of para-hydroxylation sites is 1. The summed E-state index contributed by atoms with van der Waals surface area (Å²) < 4.78 is 11.5. The first-order valence-corrected chi connectivity index (χ1v) is 11.4. The van der Waals surface area contributed by atoms with Crippen molar-refractivity contribution in [3.05, 3.63) is 59.7 Å². The molecule has 0 atom stereocenters. The molecule has 0 N–H and O–H groups in total. The van der Waals surface area contributed by atoms with Crippen LogP contribution in [-0.4, -0.2) is 74.8 Å². The monoisotopic (exact) mass is 423 g/mol. The van der Waals surface area contributed by atoms with E-state index in [9.17, 15) is 4.79 Å². The maximum absolute atomic E-state index is 12.8. The molecule has 6 nitrogen and oxygen atoms in total. The van der Waals surface area contributed by atoms with Gasteiger partial charge in [0.2, 0.25) is 5.91 Å². The molecule has 166 valence electrons. The van der Waals surface area contributed by atoms with Crippen LogP contribution in [0.5, 0.6) is 5.75 Å². The summed E-state index contributed by atoms with van der Waals surface area (Å²) in [5.41, 5.74) is 3.51. The zero-order chi connectivity index (χ0) is 21.5. The largest absolute Gasteiger partial charge is 0.492 e. The van der Waals surface area contributed by atoms with Crippen LogP contribution in [-0.2, 0) is 22.5 Å². The molecule has 0 radical (unpaired) electrons. The average Bonchev–Trinajstić information content (AvgIpc) is 2.83. The summed E-state index contributed by atoms with van der Waals surface area (Å²) in [7, 11) is 0. The topological polar surface area (TPSA) is 45.2 Å². The van der Waals surface area contributed by atoms with E-state index >= 15 is 0 Å². The highest BCUT2D eigenvalue weighted by molar-refractivity contribution is 5.79. The first kappa shape index (κ1) is 21.7. The smallest absolute Gasteiger partial charge is 0.227 e. The van der Waals surface area contributed by atoms with Gasteiger partial charge in [0.15, 0.2) is 0 Å². The van der Waals surface area contributed by atoms with Gasteiger partial charge in [0, 0.05) is 57.1 Å². The van der Waals surface area contributed by atoms with E-state index in [1.807, 2.05) is 29.2 Å². The number of hydrogen-bond donors (Lipinski definition) is 0. The Morgan fingerprint density at radius 1 is 0.871 bits per heavy atom. The molecule has 6 heteroatoms. The Kier molecular flexibility index (Phi) is 7.43. The van der Waals surface area contributed by atoms with Crippen molar-refractivity contribution in [2.75, 3.05) is 64.0 Å². The van der Waals surface area contributed by atoms with E-state index in [2.05, 4.69) is 41.0 Å². The number of morpholine rings is 1. The number of fused-ring (bicyclic) bond motifs is 1. The van der Waals surface area contributed by atoms with Gasteiger partial charge in [-0.05, 0) is 30.7 Å². The SMILES string of the molecule is CCN1CCN(Cc2ccc(N3CCOCC3)cc2)CCOc2ccccc2CC1=O. The molecule has 1 fully saturated rings. The molecule has 1 amide bonds. The maximum Gasteiger partial charge on any atom is 0.227 e. The summed E-state index contributed by atoms with van der Waals surface area (Å²) in [6.07, 6.45) is 0.396. The lowest BCUT2D eigenvalue weighted by molar-refractivity contribution is -0.130. The third-order valence-corrected chi connectivity index (χ3v) is 6.12. The number of rotatable bonds is 4. The number of carbonyl (C=O) groups is 1. The summed E-state index contributed by atoms with van der Waals surface area (Å²) in [6, 6.07) is 16.7. The molecule has 2 aromatic carbocycles. The predicted molar refractivity (Wildman–Crippen MR) is 123 cm³/mol. The van der Waals surface area contributed by atoms with Crippen molar-refractivity contribution in [3.8, 4) is 5.75 Å². The summed E-state index contributed by atoms with van der Waals surface area (Å²) >= 11 is 0. The number of amides is 1. The van der Waals surface area contributed by atoms with Gasteiger partial charge in [-0.1, -0.05) is 30.3 Å². The molecule has 0 spiro atoms. The lowest BCUT2D eigenvalue weighted by Gasteiger charge is -2.29. The Bertz CT molecular complexity index is 849. The summed E-state index contributed by atoms with van der Waals surface area (Å²) in [6.45, 7) is 10.1. The zero-order valence-corrected chi connectivity index (χ0v) is 18.5. The van der Waals surface area contributed by atoms with Crippen LogP contribution in [0.3, 0.4) is 0 Å². The first-order chi connectivity index (χ1) is 15.2. The number of nitrogens with zero attached hydrogens (tertiary/aromatic N) is 3. The highest BCUT2D eigenvalue weighted by Gasteiger charge is 2.18. The fourth-order valence-corrected chi connectivity index (χ4v) is 4.23. The Morgan fingerprint density at radius 3 is 2.42 bits per heavy atom. The van der Waals surface area contributed by atoms with Crippen LogP contribution in [0.15, 0.2) is 48.5 Å². The van der Waals surface area contributed by atoms with E-state index in [-0.39, 0.29) is 5.91 Å². The van der Waals surface area contributed by atoms with E-state index in [4.69, 9.17) is 9.47 Å². The maximum atomic E-state index is 12.8. The van der Waals surface area contributed by atoms with Gasteiger partial charge in [-0.3, -0.25) is 9.69 Å². The van der Waals surface area contributed by atoms with E-state index in [0.29, 0.717) is 13.0 Å². The van der Waals surface area contributed by atoms with Crippen molar-refractivity contribution in [2.45, 2.75) is 19.9 Å². The summed E-state index contributed by atoms with van der Waals surface area (Å²) in [4.78, 5) is 19.5. The molecule has 0 unspecified atom stereocenters. The van der Waals surface area contributed by atoms with Crippen LogP contribution in [0.4, 0.5) is 5.69 Å². The van der Waals surface area contributed by atoms with Gasteiger partial charge in [-0.2, -0.15) is 0 Å². The quantitative estimate of drug-likeness (QED) is 0.757. The molecule has 31 heavy (non-hydrogen) atoms. The van der Waals surface area contributed by atoms with E-state index in [1.165, 1.54) is 11.3 Å². The Labute approximate surface area is 185 Å². The molecule has 0 bridgehead atoms. The number of ether oxygens (including phenoxy) is 2. The highest BCUT2D eigenvalue weighted by atomic mass is 16.5. The van der Waals surface area contributed by atoms with Crippen molar-refractivity contribution < 1.29 is 14.3 Å². The molecule has 2 aliphatic heterocycles. The standard InChI is InChI=1S/C25H33N3O3/c1-2-27-12-11-26(13-18-31-24-6-4-3-5-22(24)19-25(27)29)20-21-7-9-23(10-8-21)28-14-16-30-17-15-28/h3-10H,2,11-20H2,1H3.